The van der Waals surface area contributed by atoms with E-state index in [1.54, 1.807) is 4.90 Å². The number of amides is 1. The number of aryl methyl sites for hydroxylation is 1. The average Bonchev–Trinajstić information content (AvgIpc) is 3.13. The summed E-state index contributed by atoms with van der Waals surface area (Å²) in [6.45, 7) is 4.42. The number of esters is 1. The van der Waals surface area contributed by atoms with E-state index in [0.29, 0.717) is 19.4 Å². The molecular weight excluding hydrogens is 428 g/mol. The number of ether oxygens (including phenoxy) is 2. The predicted molar refractivity (Wildman–Crippen MR) is 130 cm³/mol. The molecule has 0 aliphatic carbocycles. The van der Waals surface area contributed by atoms with Crippen LogP contribution in [0.1, 0.15) is 49.4 Å². The van der Waals surface area contributed by atoms with Crippen molar-refractivity contribution < 1.29 is 19.1 Å². The Morgan fingerprint density at radius 3 is 2.68 bits per heavy atom. The fourth-order valence-electron chi connectivity index (χ4n) is 5.63. The van der Waals surface area contributed by atoms with Crippen LogP contribution in [0, 0.1) is 6.92 Å². The molecule has 2 aliphatic heterocycles. The van der Waals surface area contributed by atoms with Crippen molar-refractivity contribution in [3.8, 4) is 5.75 Å². The Balaban J connectivity index is 1.34. The van der Waals surface area contributed by atoms with Gasteiger partial charge in [-0.2, -0.15) is 0 Å². The molecule has 3 aromatic rings. The Morgan fingerprint density at radius 2 is 1.91 bits per heavy atom. The van der Waals surface area contributed by atoms with Gasteiger partial charge in [-0.1, -0.05) is 30.3 Å². The van der Waals surface area contributed by atoms with Crippen LogP contribution in [0.4, 0.5) is 0 Å². The molecule has 0 saturated carbocycles. The van der Waals surface area contributed by atoms with Gasteiger partial charge in [-0.15, -0.1) is 0 Å². The van der Waals surface area contributed by atoms with Crippen LogP contribution in [-0.4, -0.2) is 41.0 Å². The summed E-state index contributed by atoms with van der Waals surface area (Å²) in [5.74, 6) is 0.450. The van der Waals surface area contributed by atoms with Crippen molar-refractivity contribution in [2.75, 3.05) is 7.11 Å². The Labute approximate surface area is 199 Å². The molecule has 1 aromatic heterocycles. The van der Waals surface area contributed by atoms with E-state index in [1.165, 1.54) is 7.11 Å². The fraction of sp³-hybridized carbons (Fsp3) is 0.393. The molecule has 5 rings (SSSR count). The van der Waals surface area contributed by atoms with Gasteiger partial charge in [-0.25, -0.2) is 4.79 Å². The lowest BCUT2D eigenvalue weighted by atomic mass is 9.79. The van der Waals surface area contributed by atoms with E-state index in [2.05, 4.69) is 17.1 Å². The van der Waals surface area contributed by atoms with E-state index in [0.717, 1.165) is 46.3 Å². The predicted octanol–water partition coefficient (Wildman–Crippen LogP) is 4.71. The number of para-hydroxylation sites is 1. The Kier molecular flexibility index (Phi) is 5.76. The van der Waals surface area contributed by atoms with Gasteiger partial charge >= 0.3 is 5.97 Å². The first kappa shape index (κ1) is 22.4. The highest BCUT2D eigenvalue weighted by atomic mass is 16.5. The molecule has 0 N–H and O–H groups in total. The Bertz CT molecular complexity index is 1240. The van der Waals surface area contributed by atoms with Gasteiger partial charge in [-0.3, -0.25) is 9.78 Å². The normalized spacial score (nSPS) is 24.2. The molecular formula is C28H30N2O4. The zero-order valence-corrected chi connectivity index (χ0v) is 19.9. The monoisotopic (exact) mass is 458 g/mol. The van der Waals surface area contributed by atoms with Crippen molar-refractivity contribution in [3.63, 3.8) is 0 Å². The van der Waals surface area contributed by atoms with E-state index in [9.17, 15) is 9.59 Å². The maximum atomic E-state index is 13.5. The van der Waals surface area contributed by atoms with Crippen LogP contribution in [0.3, 0.4) is 0 Å². The second kappa shape index (κ2) is 8.75. The van der Waals surface area contributed by atoms with Gasteiger partial charge < -0.3 is 14.4 Å². The number of fused-ring (bicyclic) bond motifs is 2. The number of methoxy groups -OCH3 is 1. The van der Waals surface area contributed by atoms with E-state index in [1.807, 2.05) is 56.3 Å². The zero-order valence-electron chi connectivity index (χ0n) is 19.9. The van der Waals surface area contributed by atoms with E-state index < -0.39 is 11.5 Å². The number of carbonyl (C=O) groups is 2. The highest BCUT2D eigenvalue weighted by Gasteiger charge is 2.54. The van der Waals surface area contributed by atoms with Gasteiger partial charge in [-0.05, 0) is 69.4 Å². The molecule has 2 aromatic carbocycles. The largest absolute Gasteiger partial charge is 0.489 e. The molecule has 3 unspecified atom stereocenters. The van der Waals surface area contributed by atoms with Gasteiger partial charge in [0.2, 0.25) is 5.91 Å². The second-order valence-electron chi connectivity index (χ2n) is 9.63. The third kappa shape index (κ3) is 3.81. The summed E-state index contributed by atoms with van der Waals surface area (Å²) < 4.78 is 11.1. The minimum absolute atomic E-state index is 0.0139. The van der Waals surface area contributed by atoms with Crippen molar-refractivity contribution >= 4 is 22.8 Å². The molecule has 2 saturated heterocycles. The summed E-state index contributed by atoms with van der Waals surface area (Å²) in [7, 11) is 1.39. The van der Waals surface area contributed by atoms with Crippen LogP contribution in [0.5, 0.6) is 5.75 Å². The number of pyridine rings is 1. The molecule has 3 heterocycles. The van der Waals surface area contributed by atoms with Crippen LogP contribution in [0.25, 0.3) is 10.9 Å². The summed E-state index contributed by atoms with van der Waals surface area (Å²) in [5, 5.41) is 1.09. The van der Waals surface area contributed by atoms with E-state index >= 15 is 0 Å². The second-order valence-corrected chi connectivity index (χ2v) is 9.63. The maximum absolute atomic E-state index is 13.5. The SMILES string of the molecule is COC(=O)C1CCCC2CC(C)(c3ccc(OCc4cc(C)nc5ccccc45)cc3)C(=O)N21. The summed E-state index contributed by atoms with van der Waals surface area (Å²) in [6.07, 6.45) is 3.23. The minimum atomic E-state index is -0.655. The lowest BCUT2D eigenvalue weighted by Gasteiger charge is -2.36. The lowest BCUT2D eigenvalue weighted by Crippen LogP contribution is -2.51. The van der Waals surface area contributed by atoms with Crippen molar-refractivity contribution in [2.24, 2.45) is 0 Å². The van der Waals surface area contributed by atoms with Gasteiger partial charge in [0.15, 0.2) is 0 Å². The van der Waals surface area contributed by atoms with Crippen LogP contribution >= 0.6 is 0 Å². The molecule has 0 bridgehead atoms. The lowest BCUT2D eigenvalue weighted by molar-refractivity contribution is -0.155. The number of piperidine rings is 1. The first-order valence-corrected chi connectivity index (χ1v) is 11.9. The highest BCUT2D eigenvalue weighted by Crippen LogP contribution is 2.44. The number of benzene rings is 2. The summed E-state index contributed by atoms with van der Waals surface area (Å²) >= 11 is 0. The number of hydrogen-bond donors (Lipinski definition) is 0. The standard InChI is InChI=1S/C28H30N2O4/c1-18-15-19(23-8-4-5-9-24(23)29-18)17-34-22-13-11-20(12-14-22)28(2)16-21-7-6-10-25(26(31)33-3)30(21)27(28)32/h4-5,8-9,11-15,21,25H,6-7,10,16-17H2,1-3H3. The molecule has 0 radical (unpaired) electrons. The van der Waals surface area contributed by atoms with Gasteiger partial charge in [0.25, 0.3) is 0 Å². The molecule has 2 fully saturated rings. The van der Waals surface area contributed by atoms with Crippen LogP contribution in [0.15, 0.2) is 54.6 Å². The number of rotatable bonds is 5. The van der Waals surface area contributed by atoms with E-state index in [-0.39, 0.29) is 17.9 Å². The van der Waals surface area contributed by atoms with Crippen LogP contribution < -0.4 is 4.74 Å². The average molecular weight is 459 g/mol. The smallest absolute Gasteiger partial charge is 0.328 e. The molecule has 176 valence electrons. The molecule has 6 nitrogen and oxygen atoms in total. The van der Waals surface area contributed by atoms with Gasteiger partial charge in [0, 0.05) is 22.7 Å². The third-order valence-electron chi connectivity index (χ3n) is 7.38. The molecule has 3 atom stereocenters. The summed E-state index contributed by atoms with van der Waals surface area (Å²) in [4.78, 5) is 32.2. The molecule has 0 spiro atoms. The maximum Gasteiger partial charge on any atom is 0.328 e. The molecule has 1 amide bonds. The number of aromatic nitrogens is 1. The van der Waals surface area contributed by atoms with Gasteiger partial charge in [0.05, 0.1) is 18.0 Å². The quantitative estimate of drug-likeness (QED) is 0.518. The van der Waals surface area contributed by atoms with Gasteiger partial charge in [0.1, 0.15) is 18.4 Å². The number of nitrogens with zero attached hydrogens (tertiary/aromatic N) is 2. The summed E-state index contributed by atoms with van der Waals surface area (Å²) in [6, 6.07) is 17.6. The van der Waals surface area contributed by atoms with Crippen molar-refractivity contribution in [3.05, 3.63) is 71.4 Å². The Morgan fingerprint density at radius 1 is 1.15 bits per heavy atom. The Hall–Kier alpha value is -3.41. The van der Waals surface area contributed by atoms with Crippen molar-refractivity contribution in [1.29, 1.82) is 0 Å². The van der Waals surface area contributed by atoms with Crippen molar-refractivity contribution in [1.82, 2.24) is 9.88 Å². The first-order chi connectivity index (χ1) is 16.4. The highest BCUT2D eigenvalue weighted by molar-refractivity contribution is 5.94. The third-order valence-corrected chi connectivity index (χ3v) is 7.38. The minimum Gasteiger partial charge on any atom is -0.489 e. The van der Waals surface area contributed by atoms with Crippen molar-refractivity contribution in [2.45, 2.75) is 63.6 Å². The number of hydrogen-bond acceptors (Lipinski definition) is 5. The molecule has 34 heavy (non-hydrogen) atoms. The first-order valence-electron chi connectivity index (χ1n) is 11.9. The van der Waals surface area contributed by atoms with E-state index in [4.69, 9.17) is 9.47 Å². The topological polar surface area (TPSA) is 68.7 Å². The molecule has 2 aliphatic rings. The van der Waals surface area contributed by atoms with Crippen LogP contribution in [-0.2, 0) is 26.3 Å². The molecule has 6 heteroatoms. The van der Waals surface area contributed by atoms with Crippen LogP contribution in [0.2, 0.25) is 0 Å². The summed E-state index contributed by atoms with van der Waals surface area (Å²) in [5.41, 5.74) is 3.31. The zero-order chi connectivity index (χ0) is 23.9. The fourth-order valence-corrected chi connectivity index (χ4v) is 5.63. The number of carbonyl (C=O) groups excluding carboxylic acids is 2.